The largest absolute Gasteiger partial charge is 0.375 e. The minimum Gasteiger partial charge on any atom is -0.375 e. The molecule has 0 aliphatic carbocycles. The van der Waals surface area contributed by atoms with Gasteiger partial charge >= 0.3 is 0 Å². The third kappa shape index (κ3) is 7.14. The van der Waals surface area contributed by atoms with Crippen LogP contribution in [0.3, 0.4) is 0 Å². The summed E-state index contributed by atoms with van der Waals surface area (Å²) in [4.78, 5) is 11.5. The van der Waals surface area contributed by atoms with Crippen molar-refractivity contribution >= 4 is 5.91 Å². The summed E-state index contributed by atoms with van der Waals surface area (Å²) in [6.07, 6.45) is 1.80. The summed E-state index contributed by atoms with van der Waals surface area (Å²) in [5.74, 6) is 0.282. The number of amides is 1. The van der Waals surface area contributed by atoms with Crippen molar-refractivity contribution in [1.82, 2.24) is 5.32 Å². The zero-order valence-corrected chi connectivity index (χ0v) is 10.1. The summed E-state index contributed by atoms with van der Waals surface area (Å²) in [5, 5.41) is 2.86. The molecule has 0 unspecified atom stereocenters. The molecule has 15 heavy (non-hydrogen) atoms. The molecular weight excluding hydrogens is 190 g/mol. The molecule has 1 amide bonds. The summed E-state index contributed by atoms with van der Waals surface area (Å²) in [6, 6.07) is 0. The lowest BCUT2D eigenvalue weighted by atomic mass is 10.0. The van der Waals surface area contributed by atoms with Crippen molar-refractivity contribution in [2.45, 2.75) is 33.6 Å². The molecule has 0 aromatic heterocycles. The molecule has 3 heteroatoms. The zero-order chi connectivity index (χ0) is 11.7. The maximum absolute atomic E-state index is 11.5. The normalized spacial score (nSPS) is 10.4. The van der Waals surface area contributed by atoms with Gasteiger partial charge in [-0.25, -0.2) is 0 Å². The van der Waals surface area contributed by atoms with E-state index in [9.17, 15) is 4.79 Å². The Labute approximate surface area is 92.9 Å². The second-order valence-electron chi connectivity index (χ2n) is 3.81. The molecule has 88 valence electrons. The first-order chi connectivity index (χ1) is 7.11. The fourth-order valence-electron chi connectivity index (χ4n) is 1.30. The van der Waals surface area contributed by atoms with Gasteiger partial charge < -0.3 is 10.1 Å². The lowest BCUT2D eigenvalue weighted by molar-refractivity contribution is -0.125. The van der Waals surface area contributed by atoms with Gasteiger partial charge in [0.15, 0.2) is 0 Å². The van der Waals surface area contributed by atoms with Crippen molar-refractivity contribution in [1.29, 1.82) is 0 Å². The van der Waals surface area contributed by atoms with Gasteiger partial charge in [0.05, 0.1) is 13.2 Å². The van der Waals surface area contributed by atoms with Gasteiger partial charge in [-0.15, -0.1) is 0 Å². The van der Waals surface area contributed by atoms with Crippen LogP contribution in [-0.2, 0) is 9.53 Å². The first-order valence-electron chi connectivity index (χ1n) is 5.61. The van der Waals surface area contributed by atoms with Crippen LogP contribution in [0.5, 0.6) is 0 Å². The van der Waals surface area contributed by atoms with Crippen molar-refractivity contribution in [3.8, 4) is 0 Å². The topological polar surface area (TPSA) is 38.3 Å². The molecule has 0 bridgehead atoms. The van der Waals surface area contributed by atoms with E-state index in [0.717, 1.165) is 18.4 Å². The van der Waals surface area contributed by atoms with E-state index in [-0.39, 0.29) is 11.8 Å². The zero-order valence-electron chi connectivity index (χ0n) is 10.1. The molecule has 0 aliphatic heterocycles. The van der Waals surface area contributed by atoms with E-state index in [4.69, 9.17) is 4.74 Å². The van der Waals surface area contributed by atoms with E-state index in [0.29, 0.717) is 19.8 Å². The van der Waals surface area contributed by atoms with Gasteiger partial charge in [-0.05, 0) is 19.8 Å². The van der Waals surface area contributed by atoms with E-state index in [2.05, 4.69) is 11.9 Å². The Hall–Kier alpha value is -0.830. The number of rotatable bonds is 8. The number of nitrogens with one attached hydrogen (secondary N) is 1. The van der Waals surface area contributed by atoms with Gasteiger partial charge in [0, 0.05) is 12.5 Å². The predicted octanol–water partition coefficient (Wildman–Crippen LogP) is 2.13. The molecule has 0 atom stereocenters. The summed E-state index contributed by atoms with van der Waals surface area (Å²) in [5.41, 5.74) is 1.00. The van der Waals surface area contributed by atoms with Gasteiger partial charge in [0.1, 0.15) is 0 Å². The number of hydrogen-bond acceptors (Lipinski definition) is 2. The second kappa shape index (κ2) is 8.48. The van der Waals surface area contributed by atoms with Gasteiger partial charge in [0.25, 0.3) is 0 Å². The number of ether oxygens (including phenoxy) is 1. The van der Waals surface area contributed by atoms with Crippen LogP contribution >= 0.6 is 0 Å². The first-order valence-corrected chi connectivity index (χ1v) is 5.61. The van der Waals surface area contributed by atoms with Crippen molar-refractivity contribution in [2.24, 2.45) is 5.92 Å². The van der Waals surface area contributed by atoms with Crippen LogP contribution in [0.15, 0.2) is 12.2 Å². The molecule has 0 rings (SSSR count). The molecular formula is C12H23NO2. The fourth-order valence-corrected chi connectivity index (χ4v) is 1.30. The first kappa shape index (κ1) is 14.2. The lowest BCUT2D eigenvalue weighted by Gasteiger charge is -2.12. The predicted molar refractivity (Wildman–Crippen MR) is 62.7 cm³/mol. The van der Waals surface area contributed by atoms with E-state index in [1.54, 1.807) is 0 Å². The maximum atomic E-state index is 11.5. The van der Waals surface area contributed by atoms with E-state index >= 15 is 0 Å². The SMILES string of the molecule is C=C(C)COCCNC(=O)C(CC)CC. The molecule has 0 radical (unpaired) electrons. The van der Waals surface area contributed by atoms with Crippen molar-refractivity contribution in [3.63, 3.8) is 0 Å². The lowest BCUT2D eigenvalue weighted by Crippen LogP contribution is -2.32. The molecule has 0 aliphatic rings. The van der Waals surface area contributed by atoms with Crippen molar-refractivity contribution < 1.29 is 9.53 Å². The quantitative estimate of drug-likeness (QED) is 0.495. The van der Waals surface area contributed by atoms with Crippen LogP contribution in [0.25, 0.3) is 0 Å². The van der Waals surface area contributed by atoms with Crippen molar-refractivity contribution in [2.75, 3.05) is 19.8 Å². The average molecular weight is 213 g/mol. The van der Waals surface area contributed by atoms with Gasteiger partial charge in [0.2, 0.25) is 5.91 Å². The second-order valence-corrected chi connectivity index (χ2v) is 3.81. The summed E-state index contributed by atoms with van der Waals surface area (Å²) >= 11 is 0. The third-order valence-corrected chi connectivity index (χ3v) is 2.25. The Kier molecular flexibility index (Phi) is 8.01. The number of carbonyl (C=O) groups is 1. The highest BCUT2D eigenvalue weighted by Crippen LogP contribution is 2.06. The monoisotopic (exact) mass is 213 g/mol. The molecule has 0 saturated heterocycles. The molecule has 0 spiro atoms. The van der Waals surface area contributed by atoms with Crippen LogP contribution < -0.4 is 5.32 Å². The van der Waals surface area contributed by atoms with Crippen LogP contribution in [0.1, 0.15) is 33.6 Å². The average Bonchev–Trinajstić information content (AvgIpc) is 2.18. The van der Waals surface area contributed by atoms with E-state index in [1.807, 2.05) is 20.8 Å². The Morgan fingerprint density at radius 3 is 2.47 bits per heavy atom. The summed E-state index contributed by atoms with van der Waals surface area (Å²) in [7, 11) is 0. The number of carbonyl (C=O) groups excluding carboxylic acids is 1. The molecule has 3 nitrogen and oxygen atoms in total. The van der Waals surface area contributed by atoms with Gasteiger partial charge in [-0.2, -0.15) is 0 Å². The highest BCUT2D eigenvalue weighted by Gasteiger charge is 2.12. The minimum absolute atomic E-state index is 0.138. The van der Waals surface area contributed by atoms with Crippen LogP contribution in [0.4, 0.5) is 0 Å². The number of hydrogen-bond donors (Lipinski definition) is 1. The minimum atomic E-state index is 0.138. The van der Waals surface area contributed by atoms with Gasteiger partial charge in [-0.1, -0.05) is 26.0 Å². The third-order valence-electron chi connectivity index (χ3n) is 2.25. The maximum Gasteiger partial charge on any atom is 0.223 e. The Balaban J connectivity index is 3.50. The Bertz CT molecular complexity index is 198. The van der Waals surface area contributed by atoms with E-state index < -0.39 is 0 Å². The molecule has 0 fully saturated rings. The highest BCUT2D eigenvalue weighted by molar-refractivity contribution is 5.78. The Morgan fingerprint density at radius 1 is 1.40 bits per heavy atom. The highest BCUT2D eigenvalue weighted by atomic mass is 16.5. The molecule has 0 heterocycles. The van der Waals surface area contributed by atoms with Crippen LogP contribution in [-0.4, -0.2) is 25.7 Å². The van der Waals surface area contributed by atoms with Crippen LogP contribution in [0, 0.1) is 5.92 Å². The standard InChI is InChI=1S/C12H23NO2/c1-5-11(6-2)12(14)13-7-8-15-9-10(3)4/h11H,3,5-9H2,1-2,4H3,(H,13,14). The van der Waals surface area contributed by atoms with E-state index in [1.165, 1.54) is 0 Å². The van der Waals surface area contributed by atoms with Crippen LogP contribution in [0.2, 0.25) is 0 Å². The van der Waals surface area contributed by atoms with Gasteiger partial charge in [-0.3, -0.25) is 4.79 Å². The summed E-state index contributed by atoms with van der Waals surface area (Å²) < 4.78 is 5.28. The molecule has 0 aromatic carbocycles. The smallest absolute Gasteiger partial charge is 0.223 e. The molecule has 0 aromatic rings. The summed E-state index contributed by atoms with van der Waals surface area (Å²) in [6.45, 7) is 11.4. The Morgan fingerprint density at radius 2 is 2.00 bits per heavy atom. The molecule has 0 saturated carbocycles. The fraction of sp³-hybridized carbons (Fsp3) is 0.750. The van der Waals surface area contributed by atoms with Crippen molar-refractivity contribution in [3.05, 3.63) is 12.2 Å². The molecule has 1 N–H and O–H groups in total.